The smallest absolute Gasteiger partial charge is 0.124 e. The Hall–Kier alpha value is -1.39. The van der Waals surface area contributed by atoms with Crippen molar-refractivity contribution in [3.63, 3.8) is 0 Å². The number of rotatable bonds is 4. The first-order valence-electron chi connectivity index (χ1n) is 5.90. The van der Waals surface area contributed by atoms with Crippen LogP contribution < -0.4 is 4.74 Å². The molecular formula is C14H17NO2S. The van der Waals surface area contributed by atoms with Crippen LogP contribution in [0.25, 0.3) is 10.6 Å². The molecule has 0 aliphatic rings. The van der Waals surface area contributed by atoms with Gasteiger partial charge in [-0.1, -0.05) is 26.0 Å². The van der Waals surface area contributed by atoms with Gasteiger partial charge < -0.3 is 9.84 Å². The summed E-state index contributed by atoms with van der Waals surface area (Å²) in [5, 5.41) is 10.3. The molecule has 2 aromatic rings. The van der Waals surface area contributed by atoms with Crippen LogP contribution in [0.15, 0.2) is 24.3 Å². The molecule has 18 heavy (non-hydrogen) atoms. The standard InChI is InChI=1S/C14H17NO2S/c1-9(2)13-12(8-16)18-14(15-13)10-5-4-6-11(7-10)17-3/h4-7,9,16H,8H2,1-3H3. The van der Waals surface area contributed by atoms with Crippen LogP contribution in [-0.2, 0) is 6.61 Å². The van der Waals surface area contributed by atoms with Crippen molar-refractivity contribution in [3.8, 4) is 16.3 Å². The molecule has 0 spiro atoms. The summed E-state index contributed by atoms with van der Waals surface area (Å²) >= 11 is 1.54. The lowest BCUT2D eigenvalue weighted by Crippen LogP contribution is -1.93. The SMILES string of the molecule is COc1cccc(-c2nc(C(C)C)c(CO)s2)c1. The molecule has 0 aliphatic carbocycles. The summed E-state index contributed by atoms with van der Waals surface area (Å²) in [6.45, 7) is 4.22. The van der Waals surface area contributed by atoms with E-state index in [1.165, 1.54) is 0 Å². The average molecular weight is 263 g/mol. The van der Waals surface area contributed by atoms with Crippen LogP contribution >= 0.6 is 11.3 Å². The molecule has 1 N–H and O–H groups in total. The summed E-state index contributed by atoms with van der Waals surface area (Å²) in [5.41, 5.74) is 2.02. The zero-order valence-corrected chi connectivity index (χ0v) is 11.6. The Morgan fingerprint density at radius 3 is 2.72 bits per heavy atom. The van der Waals surface area contributed by atoms with Crippen LogP contribution in [0.4, 0.5) is 0 Å². The third-order valence-electron chi connectivity index (χ3n) is 2.73. The highest BCUT2D eigenvalue weighted by Gasteiger charge is 2.14. The number of benzene rings is 1. The van der Waals surface area contributed by atoms with E-state index >= 15 is 0 Å². The van der Waals surface area contributed by atoms with Crippen molar-refractivity contribution >= 4 is 11.3 Å². The summed E-state index contributed by atoms with van der Waals surface area (Å²) in [7, 11) is 1.65. The molecule has 4 heteroatoms. The normalized spacial score (nSPS) is 10.9. The molecule has 2 rings (SSSR count). The molecule has 0 atom stereocenters. The fourth-order valence-corrected chi connectivity index (χ4v) is 2.88. The third-order valence-corrected chi connectivity index (χ3v) is 3.84. The number of thiazole rings is 1. The quantitative estimate of drug-likeness (QED) is 0.919. The Morgan fingerprint density at radius 1 is 1.39 bits per heavy atom. The van der Waals surface area contributed by atoms with Crippen molar-refractivity contribution in [2.24, 2.45) is 0 Å². The summed E-state index contributed by atoms with van der Waals surface area (Å²) in [6, 6.07) is 7.83. The van der Waals surface area contributed by atoms with E-state index in [-0.39, 0.29) is 6.61 Å². The molecule has 1 heterocycles. The van der Waals surface area contributed by atoms with Crippen LogP contribution in [0.5, 0.6) is 5.75 Å². The van der Waals surface area contributed by atoms with Crippen LogP contribution in [0.1, 0.15) is 30.3 Å². The highest BCUT2D eigenvalue weighted by Crippen LogP contribution is 2.33. The fraction of sp³-hybridized carbons (Fsp3) is 0.357. The maximum absolute atomic E-state index is 9.37. The van der Waals surface area contributed by atoms with Crippen LogP contribution in [0.2, 0.25) is 0 Å². The molecule has 96 valence electrons. The molecule has 0 fully saturated rings. The number of aromatic nitrogens is 1. The molecule has 3 nitrogen and oxygen atoms in total. The fourth-order valence-electron chi connectivity index (χ4n) is 1.81. The van der Waals surface area contributed by atoms with E-state index < -0.39 is 0 Å². The Bertz CT molecular complexity index is 534. The Kier molecular flexibility index (Phi) is 3.99. The summed E-state index contributed by atoms with van der Waals surface area (Å²) in [6.07, 6.45) is 0. The van der Waals surface area contributed by atoms with E-state index in [1.807, 2.05) is 24.3 Å². The van der Waals surface area contributed by atoms with Gasteiger partial charge in [-0.25, -0.2) is 4.98 Å². The van der Waals surface area contributed by atoms with Gasteiger partial charge in [-0.15, -0.1) is 11.3 Å². The molecule has 1 aromatic carbocycles. The van der Waals surface area contributed by atoms with Gasteiger partial charge in [0.1, 0.15) is 10.8 Å². The Labute approximate surface area is 111 Å². The van der Waals surface area contributed by atoms with Gasteiger partial charge in [0, 0.05) is 5.56 Å². The largest absolute Gasteiger partial charge is 0.497 e. The molecule has 0 radical (unpaired) electrons. The number of hydrogen-bond donors (Lipinski definition) is 1. The second kappa shape index (κ2) is 5.50. The molecule has 0 unspecified atom stereocenters. The van der Waals surface area contributed by atoms with Gasteiger partial charge in [-0.05, 0) is 18.1 Å². The number of ether oxygens (including phenoxy) is 1. The number of hydrogen-bond acceptors (Lipinski definition) is 4. The van der Waals surface area contributed by atoms with Gasteiger partial charge in [0.05, 0.1) is 24.3 Å². The second-order valence-electron chi connectivity index (χ2n) is 4.37. The van der Waals surface area contributed by atoms with Crippen LogP contribution in [0.3, 0.4) is 0 Å². The van der Waals surface area contributed by atoms with Gasteiger partial charge in [0.25, 0.3) is 0 Å². The summed E-state index contributed by atoms with van der Waals surface area (Å²) in [5.74, 6) is 1.14. The highest BCUT2D eigenvalue weighted by molar-refractivity contribution is 7.15. The Morgan fingerprint density at radius 2 is 2.17 bits per heavy atom. The molecule has 0 amide bonds. The van der Waals surface area contributed by atoms with Crippen molar-refractivity contribution < 1.29 is 9.84 Å². The van der Waals surface area contributed by atoms with Gasteiger partial charge in [0.15, 0.2) is 0 Å². The summed E-state index contributed by atoms with van der Waals surface area (Å²) in [4.78, 5) is 5.58. The van der Waals surface area contributed by atoms with Crippen molar-refractivity contribution in [1.29, 1.82) is 0 Å². The molecule has 0 saturated heterocycles. The zero-order chi connectivity index (χ0) is 13.1. The van der Waals surface area contributed by atoms with E-state index in [9.17, 15) is 5.11 Å². The second-order valence-corrected chi connectivity index (χ2v) is 5.46. The molecule has 0 saturated carbocycles. The van der Waals surface area contributed by atoms with Crippen molar-refractivity contribution in [1.82, 2.24) is 4.98 Å². The molecule has 0 aliphatic heterocycles. The van der Waals surface area contributed by atoms with Gasteiger partial charge in [0.2, 0.25) is 0 Å². The monoisotopic (exact) mass is 263 g/mol. The first kappa shape index (κ1) is 13.1. The van der Waals surface area contributed by atoms with Gasteiger partial charge in [-0.2, -0.15) is 0 Å². The lowest BCUT2D eigenvalue weighted by Gasteiger charge is -2.02. The van der Waals surface area contributed by atoms with E-state index in [0.717, 1.165) is 26.9 Å². The minimum atomic E-state index is 0.0507. The lowest BCUT2D eigenvalue weighted by molar-refractivity contribution is 0.283. The number of methoxy groups -OCH3 is 1. The van der Waals surface area contributed by atoms with E-state index in [0.29, 0.717) is 5.92 Å². The highest BCUT2D eigenvalue weighted by atomic mass is 32.1. The maximum Gasteiger partial charge on any atom is 0.124 e. The molecular weight excluding hydrogens is 246 g/mol. The minimum Gasteiger partial charge on any atom is -0.497 e. The van der Waals surface area contributed by atoms with Crippen LogP contribution in [-0.4, -0.2) is 17.2 Å². The van der Waals surface area contributed by atoms with Crippen molar-refractivity contribution in [2.75, 3.05) is 7.11 Å². The topological polar surface area (TPSA) is 42.4 Å². The third kappa shape index (κ3) is 2.54. The van der Waals surface area contributed by atoms with Gasteiger partial charge in [-0.3, -0.25) is 0 Å². The van der Waals surface area contributed by atoms with E-state index in [2.05, 4.69) is 18.8 Å². The average Bonchev–Trinajstić information content (AvgIpc) is 2.83. The number of nitrogens with zero attached hydrogens (tertiary/aromatic N) is 1. The van der Waals surface area contributed by atoms with Crippen molar-refractivity contribution in [2.45, 2.75) is 26.4 Å². The summed E-state index contributed by atoms with van der Waals surface area (Å²) < 4.78 is 5.21. The first-order chi connectivity index (χ1) is 8.65. The van der Waals surface area contributed by atoms with E-state index in [1.54, 1.807) is 18.4 Å². The van der Waals surface area contributed by atoms with Crippen molar-refractivity contribution in [3.05, 3.63) is 34.8 Å². The maximum atomic E-state index is 9.37. The lowest BCUT2D eigenvalue weighted by atomic mass is 10.1. The number of aliphatic hydroxyl groups excluding tert-OH is 1. The Balaban J connectivity index is 2.44. The predicted molar refractivity (Wildman–Crippen MR) is 74.1 cm³/mol. The van der Waals surface area contributed by atoms with E-state index in [4.69, 9.17) is 4.74 Å². The predicted octanol–water partition coefficient (Wildman–Crippen LogP) is 3.43. The van der Waals surface area contributed by atoms with Gasteiger partial charge >= 0.3 is 0 Å². The number of aliphatic hydroxyl groups is 1. The molecule has 0 bridgehead atoms. The minimum absolute atomic E-state index is 0.0507. The van der Waals surface area contributed by atoms with Crippen LogP contribution in [0, 0.1) is 0 Å². The zero-order valence-electron chi connectivity index (χ0n) is 10.8. The first-order valence-corrected chi connectivity index (χ1v) is 6.72. The molecule has 1 aromatic heterocycles.